The van der Waals surface area contributed by atoms with Gasteiger partial charge in [-0.15, -0.1) is 0 Å². The molecule has 1 fully saturated rings. The van der Waals surface area contributed by atoms with Crippen LogP contribution in [0.25, 0.3) is 0 Å². The van der Waals surface area contributed by atoms with E-state index in [9.17, 15) is 4.79 Å². The fourth-order valence-corrected chi connectivity index (χ4v) is 2.96. The van der Waals surface area contributed by atoms with Crippen molar-refractivity contribution in [1.29, 1.82) is 0 Å². The van der Waals surface area contributed by atoms with Gasteiger partial charge in [0.1, 0.15) is 0 Å². The second-order valence-corrected chi connectivity index (χ2v) is 6.38. The van der Waals surface area contributed by atoms with Crippen LogP contribution in [0.2, 0.25) is 0 Å². The lowest BCUT2D eigenvalue weighted by Gasteiger charge is -2.35. The van der Waals surface area contributed by atoms with Gasteiger partial charge in [0.25, 0.3) is 0 Å². The molecule has 1 aromatic carbocycles. The van der Waals surface area contributed by atoms with Gasteiger partial charge in [-0.25, -0.2) is 0 Å². The molecule has 0 spiro atoms. The Kier molecular flexibility index (Phi) is 5.80. The van der Waals surface area contributed by atoms with E-state index in [1.54, 1.807) is 0 Å². The Balaban J connectivity index is 1.72. The highest BCUT2D eigenvalue weighted by molar-refractivity contribution is 5.76. The summed E-state index contributed by atoms with van der Waals surface area (Å²) in [5, 5.41) is 0. The lowest BCUT2D eigenvalue weighted by molar-refractivity contribution is -0.132. The van der Waals surface area contributed by atoms with Crippen LogP contribution in [-0.2, 0) is 11.2 Å². The van der Waals surface area contributed by atoms with Gasteiger partial charge >= 0.3 is 0 Å². The van der Waals surface area contributed by atoms with Crippen molar-refractivity contribution in [2.24, 2.45) is 0 Å². The number of carbonyl (C=O) groups is 1. The van der Waals surface area contributed by atoms with E-state index in [0.29, 0.717) is 18.4 Å². The van der Waals surface area contributed by atoms with Crippen molar-refractivity contribution in [2.75, 3.05) is 27.2 Å². The summed E-state index contributed by atoms with van der Waals surface area (Å²) in [6, 6.07) is 9.05. The topological polar surface area (TPSA) is 23.6 Å². The van der Waals surface area contributed by atoms with Gasteiger partial charge in [0.15, 0.2) is 0 Å². The van der Waals surface area contributed by atoms with Crippen LogP contribution >= 0.6 is 0 Å². The van der Waals surface area contributed by atoms with Crippen LogP contribution in [0, 0.1) is 6.92 Å². The molecule has 0 atom stereocenters. The second-order valence-electron chi connectivity index (χ2n) is 6.38. The third kappa shape index (κ3) is 4.85. The van der Waals surface area contributed by atoms with Crippen molar-refractivity contribution in [3.05, 3.63) is 35.4 Å². The van der Waals surface area contributed by atoms with Crippen molar-refractivity contribution in [3.63, 3.8) is 0 Å². The number of piperidine rings is 1. The summed E-state index contributed by atoms with van der Waals surface area (Å²) in [6.07, 6.45) is 4.82. The van der Waals surface area contributed by atoms with Crippen molar-refractivity contribution in [3.8, 4) is 0 Å². The fraction of sp³-hybridized carbons (Fsp3) is 0.611. The fourth-order valence-electron chi connectivity index (χ4n) is 2.96. The zero-order chi connectivity index (χ0) is 15.2. The smallest absolute Gasteiger partial charge is 0.222 e. The standard InChI is InChI=1S/C18H28N2O/c1-15-7-9-16(10-8-15)5-4-6-18(21)20(3)17-11-13-19(2)14-12-17/h7-10,17H,4-6,11-14H2,1-3H3. The Morgan fingerprint density at radius 1 is 1.24 bits per heavy atom. The van der Waals surface area contributed by atoms with Crippen molar-refractivity contribution >= 4 is 5.91 Å². The van der Waals surface area contributed by atoms with Gasteiger partial charge in [-0.1, -0.05) is 29.8 Å². The molecular formula is C18H28N2O. The van der Waals surface area contributed by atoms with Gasteiger partial charge < -0.3 is 9.80 Å². The molecular weight excluding hydrogens is 260 g/mol. The van der Waals surface area contributed by atoms with Crippen LogP contribution in [0.15, 0.2) is 24.3 Å². The number of aryl methyl sites for hydroxylation is 2. The van der Waals surface area contributed by atoms with E-state index in [0.717, 1.165) is 38.8 Å². The number of carbonyl (C=O) groups excluding carboxylic acids is 1. The molecule has 0 bridgehead atoms. The second kappa shape index (κ2) is 7.60. The predicted octanol–water partition coefficient (Wildman–Crippen LogP) is 2.87. The normalized spacial score (nSPS) is 16.9. The maximum Gasteiger partial charge on any atom is 0.222 e. The minimum atomic E-state index is 0.302. The molecule has 0 N–H and O–H groups in total. The molecule has 3 heteroatoms. The Morgan fingerprint density at radius 3 is 2.48 bits per heavy atom. The molecule has 0 unspecified atom stereocenters. The molecule has 1 aliphatic rings. The highest BCUT2D eigenvalue weighted by atomic mass is 16.2. The third-order valence-electron chi connectivity index (χ3n) is 4.61. The number of likely N-dealkylation sites (tertiary alicyclic amines) is 1. The summed E-state index contributed by atoms with van der Waals surface area (Å²) in [7, 11) is 4.13. The number of benzene rings is 1. The van der Waals surface area contributed by atoms with Gasteiger partial charge in [-0.2, -0.15) is 0 Å². The first-order valence-electron chi connectivity index (χ1n) is 8.06. The number of hydrogen-bond donors (Lipinski definition) is 0. The number of hydrogen-bond acceptors (Lipinski definition) is 2. The molecule has 21 heavy (non-hydrogen) atoms. The average molecular weight is 288 g/mol. The van der Waals surface area contributed by atoms with E-state index >= 15 is 0 Å². The first-order valence-corrected chi connectivity index (χ1v) is 8.06. The molecule has 2 rings (SSSR count). The third-order valence-corrected chi connectivity index (χ3v) is 4.61. The van der Waals surface area contributed by atoms with E-state index in [1.165, 1.54) is 11.1 Å². The Bertz CT molecular complexity index is 447. The van der Waals surface area contributed by atoms with Crippen LogP contribution < -0.4 is 0 Å². The first kappa shape index (κ1) is 16.0. The zero-order valence-electron chi connectivity index (χ0n) is 13.6. The highest BCUT2D eigenvalue weighted by Gasteiger charge is 2.23. The SMILES string of the molecule is Cc1ccc(CCCC(=O)N(C)C2CCN(C)CC2)cc1. The predicted molar refractivity (Wildman–Crippen MR) is 87.4 cm³/mol. The maximum absolute atomic E-state index is 12.3. The molecule has 1 heterocycles. The van der Waals surface area contributed by atoms with Crippen LogP contribution in [-0.4, -0.2) is 48.9 Å². The quantitative estimate of drug-likeness (QED) is 0.832. The first-order chi connectivity index (χ1) is 10.1. The van der Waals surface area contributed by atoms with Crippen LogP contribution in [0.4, 0.5) is 0 Å². The van der Waals surface area contributed by atoms with Crippen molar-refractivity contribution in [2.45, 2.75) is 45.1 Å². The van der Waals surface area contributed by atoms with Gasteiger partial charge in [0.05, 0.1) is 0 Å². The van der Waals surface area contributed by atoms with Crippen molar-refractivity contribution in [1.82, 2.24) is 9.80 Å². The number of amides is 1. The van der Waals surface area contributed by atoms with Gasteiger partial charge in [-0.3, -0.25) is 4.79 Å². The Hall–Kier alpha value is -1.35. The van der Waals surface area contributed by atoms with Crippen LogP contribution in [0.3, 0.4) is 0 Å². The van der Waals surface area contributed by atoms with Gasteiger partial charge in [0.2, 0.25) is 5.91 Å². The summed E-state index contributed by atoms with van der Waals surface area (Å²) < 4.78 is 0. The van der Waals surface area contributed by atoms with Crippen LogP contribution in [0.5, 0.6) is 0 Å². The summed E-state index contributed by atoms with van der Waals surface area (Å²) in [5.74, 6) is 0.302. The lowest BCUT2D eigenvalue weighted by atomic mass is 10.0. The maximum atomic E-state index is 12.3. The van der Waals surface area contributed by atoms with Gasteiger partial charge in [-0.05, 0) is 58.3 Å². The Labute approximate surface area is 128 Å². The number of rotatable bonds is 5. The Morgan fingerprint density at radius 2 is 1.86 bits per heavy atom. The molecule has 0 saturated carbocycles. The monoisotopic (exact) mass is 288 g/mol. The molecule has 1 amide bonds. The van der Waals surface area contributed by atoms with Crippen molar-refractivity contribution < 1.29 is 4.79 Å². The van der Waals surface area contributed by atoms with E-state index in [1.807, 2.05) is 11.9 Å². The zero-order valence-corrected chi connectivity index (χ0v) is 13.6. The largest absolute Gasteiger partial charge is 0.343 e. The molecule has 1 saturated heterocycles. The van der Waals surface area contributed by atoms with E-state index in [-0.39, 0.29) is 0 Å². The molecule has 0 aromatic heterocycles. The molecule has 1 aromatic rings. The summed E-state index contributed by atoms with van der Waals surface area (Å²) >= 11 is 0. The number of nitrogens with zero attached hydrogens (tertiary/aromatic N) is 2. The van der Waals surface area contributed by atoms with E-state index in [4.69, 9.17) is 0 Å². The average Bonchev–Trinajstić information content (AvgIpc) is 2.49. The lowest BCUT2D eigenvalue weighted by Crippen LogP contribution is -2.44. The van der Waals surface area contributed by atoms with E-state index in [2.05, 4.69) is 43.1 Å². The molecule has 1 aliphatic heterocycles. The summed E-state index contributed by atoms with van der Waals surface area (Å²) in [4.78, 5) is 16.6. The summed E-state index contributed by atoms with van der Waals surface area (Å²) in [6.45, 7) is 4.31. The molecule has 0 radical (unpaired) electrons. The molecule has 3 nitrogen and oxygen atoms in total. The summed E-state index contributed by atoms with van der Waals surface area (Å²) in [5.41, 5.74) is 2.62. The van der Waals surface area contributed by atoms with Crippen LogP contribution in [0.1, 0.15) is 36.8 Å². The minimum Gasteiger partial charge on any atom is -0.343 e. The highest BCUT2D eigenvalue weighted by Crippen LogP contribution is 2.16. The van der Waals surface area contributed by atoms with E-state index < -0.39 is 0 Å². The molecule has 0 aliphatic carbocycles. The minimum absolute atomic E-state index is 0.302. The van der Waals surface area contributed by atoms with Gasteiger partial charge in [0, 0.05) is 19.5 Å². The molecule has 116 valence electrons.